The molecular weight excluding hydrogens is 172 g/mol. The summed E-state index contributed by atoms with van der Waals surface area (Å²) in [5.41, 5.74) is -0.702. The van der Waals surface area contributed by atoms with Crippen LogP contribution in [0.4, 0.5) is 0 Å². The second kappa shape index (κ2) is 3.43. The Labute approximate surface area is 75.5 Å². The first kappa shape index (κ1) is 9.51. The molecule has 0 amide bonds. The van der Waals surface area contributed by atoms with Crippen molar-refractivity contribution >= 4 is 11.9 Å². The number of aliphatic carboxylic acids is 1. The summed E-state index contributed by atoms with van der Waals surface area (Å²) in [5.74, 6) is -1.49. The second-order valence-electron chi connectivity index (χ2n) is 2.90. The van der Waals surface area contributed by atoms with Crippen molar-refractivity contribution in [2.45, 2.75) is 12.8 Å². The van der Waals surface area contributed by atoms with Crippen LogP contribution in [0.25, 0.3) is 0 Å². The first-order valence-electron chi connectivity index (χ1n) is 3.85. The molecule has 1 aliphatic rings. The van der Waals surface area contributed by atoms with E-state index in [9.17, 15) is 9.59 Å². The third-order valence-corrected chi connectivity index (χ3v) is 1.93. The molecule has 4 heteroatoms. The lowest BCUT2D eigenvalue weighted by molar-refractivity contribution is -0.142. The van der Waals surface area contributed by atoms with Crippen molar-refractivity contribution in [3.8, 4) is 0 Å². The number of carbonyl (C=O) groups excluding carboxylic acids is 1. The molecule has 1 saturated carbocycles. The molecule has 1 fully saturated rings. The minimum Gasteiger partial charge on any atom is -0.478 e. The van der Waals surface area contributed by atoms with Crippen LogP contribution in [-0.4, -0.2) is 17.0 Å². The van der Waals surface area contributed by atoms with Crippen molar-refractivity contribution in [3.63, 3.8) is 0 Å². The van der Waals surface area contributed by atoms with Gasteiger partial charge in [-0.1, -0.05) is 12.7 Å². The zero-order valence-corrected chi connectivity index (χ0v) is 7.03. The van der Waals surface area contributed by atoms with E-state index in [0.717, 1.165) is 12.3 Å². The van der Waals surface area contributed by atoms with E-state index in [-0.39, 0.29) is 0 Å². The Kier molecular flexibility index (Phi) is 2.51. The highest BCUT2D eigenvalue weighted by molar-refractivity contribution is 5.86. The molecule has 0 bridgehead atoms. The minimum atomic E-state index is -1.06. The smallest absolute Gasteiger partial charge is 0.328 e. The summed E-state index contributed by atoms with van der Waals surface area (Å²) in [6, 6.07) is 0. The normalized spacial score (nSPS) is 18.2. The predicted octanol–water partition coefficient (Wildman–Crippen LogP) is 1.09. The van der Waals surface area contributed by atoms with E-state index in [1.54, 1.807) is 0 Å². The Morgan fingerprint density at radius 1 is 1.46 bits per heavy atom. The zero-order chi connectivity index (χ0) is 9.90. The molecule has 0 aromatic carbocycles. The first-order chi connectivity index (χ1) is 6.10. The molecule has 1 aliphatic carbocycles. The lowest BCUT2D eigenvalue weighted by Crippen LogP contribution is -2.14. The Morgan fingerprint density at radius 2 is 2.08 bits per heavy atom. The van der Waals surface area contributed by atoms with Crippen LogP contribution in [0.3, 0.4) is 0 Å². The highest BCUT2D eigenvalue weighted by atomic mass is 16.5. The van der Waals surface area contributed by atoms with Gasteiger partial charge in [0.2, 0.25) is 0 Å². The van der Waals surface area contributed by atoms with Crippen LogP contribution >= 0.6 is 0 Å². The third kappa shape index (κ3) is 2.18. The van der Waals surface area contributed by atoms with Crippen molar-refractivity contribution in [3.05, 3.63) is 25.0 Å². The van der Waals surface area contributed by atoms with Gasteiger partial charge >= 0.3 is 11.9 Å². The molecule has 4 nitrogen and oxygen atoms in total. The van der Waals surface area contributed by atoms with E-state index in [2.05, 4.69) is 11.3 Å². The average molecular weight is 182 g/mol. The van der Waals surface area contributed by atoms with Gasteiger partial charge in [0, 0.05) is 6.08 Å². The van der Waals surface area contributed by atoms with Crippen molar-refractivity contribution in [2.24, 2.45) is 5.41 Å². The number of hydrogen-bond donors (Lipinski definition) is 1. The standard InChI is InChI=1S/C9H10O4/c1-2-13-8(12)9(5-6-9)4-3-7(10)11/h2-4H,1,5-6H2,(H,10,11). The Balaban J connectivity index is 2.61. The highest BCUT2D eigenvalue weighted by Gasteiger charge is 2.49. The molecule has 0 unspecified atom stereocenters. The van der Waals surface area contributed by atoms with Crippen LogP contribution < -0.4 is 0 Å². The number of carbonyl (C=O) groups is 2. The Hall–Kier alpha value is -1.58. The van der Waals surface area contributed by atoms with Crippen molar-refractivity contribution < 1.29 is 19.4 Å². The fourth-order valence-electron chi connectivity index (χ4n) is 0.997. The summed E-state index contributed by atoms with van der Waals surface area (Å²) in [7, 11) is 0. The van der Waals surface area contributed by atoms with Crippen LogP contribution in [0.5, 0.6) is 0 Å². The van der Waals surface area contributed by atoms with Gasteiger partial charge in [0.25, 0.3) is 0 Å². The molecule has 70 valence electrons. The fraction of sp³-hybridized carbons (Fsp3) is 0.333. The molecule has 0 heterocycles. The minimum absolute atomic E-state index is 0.431. The van der Waals surface area contributed by atoms with Gasteiger partial charge in [-0.15, -0.1) is 0 Å². The average Bonchev–Trinajstić information content (AvgIpc) is 2.82. The summed E-state index contributed by atoms with van der Waals surface area (Å²) in [5, 5.41) is 8.36. The van der Waals surface area contributed by atoms with Gasteiger partial charge < -0.3 is 9.84 Å². The number of esters is 1. The van der Waals surface area contributed by atoms with Crippen molar-refractivity contribution in [2.75, 3.05) is 0 Å². The second-order valence-corrected chi connectivity index (χ2v) is 2.90. The molecule has 0 aromatic rings. The number of hydrogen-bond acceptors (Lipinski definition) is 3. The zero-order valence-electron chi connectivity index (χ0n) is 7.03. The quantitative estimate of drug-likeness (QED) is 0.401. The van der Waals surface area contributed by atoms with E-state index in [1.165, 1.54) is 6.08 Å². The highest BCUT2D eigenvalue weighted by Crippen LogP contribution is 2.48. The van der Waals surface area contributed by atoms with Crippen LogP contribution in [0.1, 0.15) is 12.8 Å². The molecule has 1 N–H and O–H groups in total. The molecule has 13 heavy (non-hydrogen) atoms. The van der Waals surface area contributed by atoms with E-state index in [4.69, 9.17) is 5.11 Å². The van der Waals surface area contributed by atoms with Gasteiger partial charge in [0.05, 0.1) is 11.7 Å². The summed E-state index contributed by atoms with van der Waals surface area (Å²) < 4.78 is 4.58. The maximum absolute atomic E-state index is 11.2. The number of rotatable bonds is 4. The predicted molar refractivity (Wildman–Crippen MR) is 44.7 cm³/mol. The molecule has 0 radical (unpaired) electrons. The first-order valence-corrected chi connectivity index (χ1v) is 3.85. The molecular formula is C9H10O4. The SMILES string of the molecule is C=COC(=O)C1(C=CC(=O)O)CC1. The van der Waals surface area contributed by atoms with Crippen molar-refractivity contribution in [1.82, 2.24) is 0 Å². The fourth-order valence-corrected chi connectivity index (χ4v) is 0.997. The Morgan fingerprint density at radius 3 is 2.46 bits per heavy atom. The topological polar surface area (TPSA) is 63.6 Å². The van der Waals surface area contributed by atoms with E-state index in [0.29, 0.717) is 12.8 Å². The maximum atomic E-state index is 11.2. The van der Waals surface area contributed by atoms with Gasteiger partial charge in [0.1, 0.15) is 0 Å². The van der Waals surface area contributed by atoms with Gasteiger partial charge in [-0.3, -0.25) is 4.79 Å². The van der Waals surface area contributed by atoms with Crippen LogP contribution in [0.15, 0.2) is 25.0 Å². The summed E-state index contributed by atoms with van der Waals surface area (Å²) in [6.45, 7) is 3.25. The lowest BCUT2D eigenvalue weighted by atomic mass is 10.1. The van der Waals surface area contributed by atoms with E-state index < -0.39 is 17.4 Å². The van der Waals surface area contributed by atoms with Crippen LogP contribution in [0.2, 0.25) is 0 Å². The van der Waals surface area contributed by atoms with Crippen molar-refractivity contribution in [1.29, 1.82) is 0 Å². The molecule has 1 rings (SSSR count). The van der Waals surface area contributed by atoms with Gasteiger partial charge in [-0.2, -0.15) is 0 Å². The molecule has 0 aromatic heterocycles. The number of ether oxygens (including phenoxy) is 1. The van der Waals surface area contributed by atoms with Crippen LogP contribution in [-0.2, 0) is 14.3 Å². The molecule has 0 saturated heterocycles. The Bertz CT molecular complexity index is 273. The van der Waals surface area contributed by atoms with Gasteiger partial charge in [0.15, 0.2) is 0 Å². The largest absolute Gasteiger partial charge is 0.478 e. The molecule has 0 spiro atoms. The summed E-state index contributed by atoms with van der Waals surface area (Å²) in [4.78, 5) is 21.4. The molecule has 0 atom stereocenters. The number of carboxylic acid groups (broad SMARTS) is 1. The van der Waals surface area contributed by atoms with Crippen LogP contribution in [0, 0.1) is 5.41 Å². The lowest BCUT2D eigenvalue weighted by Gasteiger charge is -2.05. The monoisotopic (exact) mass is 182 g/mol. The summed E-state index contributed by atoms with van der Waals surface area (Å²) >= 11 is 0. The van der Waals surface area contributed by atoms with E-state index in [1.807, 2.05) is 0 Å². The third-order valence-electron chi connectivity index (χ3n) is 1.93. The van der Waals surface area contributed by atoms with Gasteiger partial charge in [-0.25, -0.2) is 4.79 Å². The number of carboxylic acids is 1. The van der Waals surface area contributed by atoms with Gasteiger partial charge in [-0.05, 0) is 12.8 Å². The molecule has 0 aliphatic heterocycles. The maximum Gasteiger partial charge on any atom is 0.328 e. The van der Waals surface area contributed by atoms with E-state index >= 15 is 0 Å². The summed E-state index contributed by atoms with van der Waals surface area (Å²) in [6.07, 6.45) is 4.68.